The Bertz CT molecular complexity index is 223. The lowest BCUT2D eigenvalue weighted by Crippen LogP contribution is -2.37. The van der Waals surface area contributed by atoms with Crippen molar-refractivity contribution in [1.29, 1.82) is 0 Å². The second kappa shape index (κ2) is 7.17. The standard InChI is InChI=1S/C12H24N2OS/c1-3-16-7-6-9(2)14-12(15)10-4-5-11(13)8-10/h9-11H,3-8,13H2,1-2H3,(H,14,15). The minimum absolute atomic E-state index is 0.163. The molecule has 3 N–H and O–H groups in total. The van der Waals surface area contributed by atoms with Crippen LogP contribution >= 0.6 is 11.8 Å². The molecular formula is C12H24N2OS. The van der Waals surface area contributed by atoms with Gasteiger partial charge < -0.3 is 11.1 Å². The molecule has 1 saturated carbocycles. The summed E-state index contributed by atoms with van der Waals surface area (Å²) in [7, 11) is 0. The molecule has 0 aliphatic heterocycles. The van der Waals surface area contributed by atoms with Gasteiger partial charge in [0.25, 0.3) is 0 Å². The fraction of sp³-hybridized carbons (Fsp3) is 0.917. The van der Waals surface area contributed by atoms with Crippen molar-refractivity contribution < 1.29 is 4.79 Å². The average molecular weight is 244 g/mol. The minimum Gasteiger partial charge on any atom is -0.353 e. The molecule has 0 heterocycles. The maximum Gasteiger partial charge on any atom is 0.223 e. The van der Waals surface area contributed by atoms with E-state index < -0.39 is 0 Å². The molecule has 1 rings (SSSR count). The lowest BCUT2D eigenvalue weighted by molar-refractivity contribution is -0.125. The van der Waals surface area contributed by atoms with Gasteiger partial charge in [0.15, 0.2) is 0 Å². The number of amides is 1. The molecular weight excluding hydrogens is 220 g/mol. The summed E-state index contributed by atoms with van der Waals surface area (Å²) in [5.74, 6) is 2.65. The van der Waals surface area contributed by atoms with Gasteiger partial charge in [-0.2, -0.15) is 11.8 Å². The zero-order chi connectivity index (χ0) is 12.0. The summed E-state index contributed by atoms with van der Waals surface area (Å²) in [6.45, 7) is 4.25. The van der Waals surface area contributed by atoms with E-state index in [1.807, 2.05) is 11.8 Å². The van der Waals surface area contributed by atoms with Crippen LogP contribution in [0.15, 0.2) is 0 Å². The largest absolute Gasteiger partial charge is 0.353 e. The number of hydrogen-bond acceptors (Lipinski definition) is 3. The van der Waals surface area contributed by atoms with E-state index in [9.17, 15) is 4.79 Å². The molecule has 0 aromatic rings. The van der Waals surface area contributed by atoms with Crippen molar-refractivity contribution in [3.8, 4) is 0 Å². The molecule has 1 fully saturated rings. The number of carbonyl (C=O) groups is 1. The second-order valence-corrected chi connectivity index (χ2v) is 6.06. The highest BCUT2D eigenvalue weighted by molar-refractivity contribution is 7.99. The van der Waals surface area contributed by atoms with Crippen molar-refractivity contribution in [2.75, 3.05) is 11.5 Å². The highest BCUT2D eigenvalue weighted by atomic mass is 32.2. The maximum absolute atomic E-state index is 11.9. The summed E-state index contributed by atoms with van der Waals surface area (Å²) in [6.07, 6.45) is 3.88. The van der Waals surface area contributed by atoms with Crippen LogP contribution in [0.3, 0.4) is 0 Å². The summed E-state index contributed by atoms with van der Waals surface area (Å²) in [5.41, 5.74) is 5.81. The number of nitrogens with two attached hydrogens (primary N) is 1. The summed E-state index contributed by atoms with van der Waals surface area (Å²) >= 11 is 1.92. The first-order chi connectivity index (χ1) is 7.63. The van der Waals surface area contributed by atoms with E-state index in [-0.39, 0.29) is 17.9 Å². The molecule has 0 spiro atoms. The molecule has 0 aromatic heterocycles. The van der Waals surface area contributed by atoms with Crippen LogP contribution in [0.1, 0.15) is 39.5 Å². The molecule has 3 nitrogen and oxygen atoms in total. The van der Waals surface area contributed by atoms with Crippen LogP contribution in [0.5, 0.6) is 0 Å². The number of nitrogens with one attached hydrogen (secondary N) is 1. The van der Waals surface area contributed by atoms with Crippen molar-refractivity contribution >= 4 is 17.7 Å². The zero-order valence-electron chi connectivity index (χ0n) is 10.4. The lowest BCUT2D eigenvalue weighted by Gasteiger charge is -2.16. The van der Waals surface area contributed by atoms with Crippen LogP contribution in [0.25, 0.3) is 0 Å². The first-order valence-electron chi connectivity index (χ1n) is 6.27. The Balaban J connectivity index is 2.17. The van der Waals surface area contributed by atoms with E-state index in [4.69, 9.17) is 5.73 Å². The van der Waals surface area contributed by atoms with Gasteiger partial charge in [-0.25, -0.2) is 0 Å². The van der Waals surface area contributed by atoms with Crippen molar-refractivity contribution in [2.24, 2.45) is 11.7 Å². The monoisotopic (exact) mass is 244 g/mol. The van der Waals surface area contributed by atoms with Gasteiger partial charge in [0.1, 0.15) is 0 Å². The molecule has 1 amide bonds. The highest BCUT2D eigenvalue weighted by Crippen LogP contribution is 2.24. The van der Waals surface area contributed by atoms with Crippen molar-refractivity contribution in [3.05, 3.63) is 0 Å². The van der Waals surface area contributed by atoms with E-state index in [0.29, 0.717) is 6.04 Å². The summed E-state index contributed by atoms with van der Waals surface area (Å²) in [5, 5.41) is 3.09. The number of thioether (sulfide) groups is 1. The van der Waals surface area contributed by atoms with Crippen molar-refractivity contribution in [2.45, 2.75) is 51.6 Å². The van der Waals surface area contributed by atoms with Crippen LogP contribution in [0, 0.1) is 5.92 Å². The highest BCUT2D eigenvalue weighted by Gasteiger charge is 2.28. The Hall–Kier alpha value is -0.220. The minimum atomic E-state index is 0.163. The fourth-order valence-corrected chi connectivity index (χ4v) is 2.90. The predicted molar refractivity (Wildman–Crippen MR) is 70.5 cm³/mol. The first kappa shape index (κ1) is 13.8. The second-order valence-electron chi connectivity index (χ2n) is 4.67. The van der Waals surface area contributed by atoms with Gasteiger partial charge in [-0.1, -0.05) is 6.92 Å². The molecule has 0 aromatic carbocycles. The normalized spacial score (nSPS) is 26.7. The molecule has 16 heavy (non-hydrogen) atoms. The van der Waals surface area contributed by atoms with Gasteiger partial charge in [-0.05, 0) is 44.1 Å². The molecule has 0 radical (unpaired) electrons. The van der Waals surface area contributed by atoms with Gasteiger partial charge in [-0.3, -0.25) is 4.79 Å². The quantitative estimate of drug-likeness (QED) is 0.700. The Morgan fingerprint density at radius 1 is 1.56 bits per heavy atom. The van der Waals surface area contributed by atoms with Crippen LogP contribution in [-0.4, -0.2) is 29.5 Å². The van der Waals surface area contributed by atoms with Crippen LogP contribution < -0.4 is 11.1 Å². The number of carbonyl (C=O) groups excluding carboxylic acids is 1. The maximum atomic E-state index is 11.9. The van der Waals surface area contributed by atoms with Gasteiger partial charge in [0.2, 0.25) is 5.91 Å². The van der Waals surface area contributed by atoms with Crippen LogP contribution in [0.2, 0.25) is 0 Å². The van der Waals surface area contributed by atoms with E-state index >= 15 is 0 Å². The first-order valence-corrected chi connectivity index (χ1v) is 7.42. The van der Waals surface area contributed by atoms with Crippen LogP contribution in [-0.2, 0) is 4.79 Å². The zero-order valence-corrected chi connectivity index (χ0v) is 11.2. The van der Waals surface area contributed by atoms with E-state index in [2.05, 4.69) is 19.2 Å². The fourth-order valence-electron chi connectivity index (χ4n) is 2.09. The molecule has 3 unspecified atom stereocenters. The topological polar surface area (TPSA) is 55.1 Å². The summed E-state index contributed by atoms with van der Waals surface area (Å²) in [6, 6.07) is 0.532. The summed E-state index contributed by atoms with van der Waals surface area (Å²) < 4.78 is 0. The third-order valence-corrected chi connectivity index (χ3v) is 4.06. The Kier molecular flexibility index (Phi) is 6.21. The average Bonchev–Trinajstić information content (AvgIpc) is 2.65. The van der Waals surface area contributed by atoms with Crippen molar-refractivity contribution in [1.82, 2.24) is 5.32 Å². The van der Waals surface area contributed by atoms with Gasteiger partial charge in [0.05, 0.1) is 0 Å². The lowest BCUT2D eigenvalue weighted by atomic mass is 10.1. The predicted octanol–water partition coefficient (Wildman–Crippen LogP) is 1.76. The SMILES string of the molecule is CCSCCC(C)NC(=O)C1CCC(N)C1. The molecule has 3 atom stereocenters. The molecule has 1 aliphatic carbocycles. The number of hydrogen-bond donors (Lipinski definition) is 2. The van der Waals surface area contributed by atoms with Crippen LogP contribution in [0.4, 0.5) is 0 Å². The Labute approximate surface area is 103 Å². The number of rotatable bonds is 6. The summed E-state index contributed by atoms with van der Waals surface area (Å²) in [4.78, 5) is 11.9. The van der Waals surface area contributed by atoms with Crippen molar-refractivity contribution in [3.63, 3.8) is 0 Å². The smallest absolute Gasteiger partial charge is 0.223 e. The molecule has 1 aliphatic rings. The molecule has 4 heteroatoms. The molecule has 0 saturated heterocycles. The van der Waals surface area contributed by atoms with Gasteiger partial charge in [0, 0.05) is 18.0 Å². The Morgan fingerprint density at radius 2 is 2.31 bits per heavy atom. The van der Waals surface area contributed by atoms with Gasteiger partial charge >= 0.3 is 0 Å². The molecule has 94 valence electrons. The van der Waals surface area contributed by atoms with E-state index in [1.165, 1.54) is 0 Å². The third-order valence-electron chi connectivity index (χ3n) is 3.13. The molecule has 0 bridgehead atoms. The van der Waals surface area contributed by atoms with E-state index in [1.54, 1.807) is 0 Å². The van der Waals surface area contributed by atoms with Gasteiger partial charge in [-0.15, -0.1) is 0 Å². The third kappa shape index (κ3) is 4.74. The Morgan fingerprint density at radius 3 is 2.88 bits per heavy atom. The van der Waals surface area contributed by atoms with E-state index in [0.717, 1.165) is 37.2 Å².